The molecule has 0 saturated carbocycles. The van der Waals surface area contributed by atoms with E-state index in [9.17, 15) is 26.3 Å². The van der Waals surface area contributed by atoms with E-state index >= 15 is 0 Å². The number of hydrogen-bond donors (Lipinski definition) is 3. The Balaban J connectivity index is 3.96. The molecule has 1 unspecified atom stereocenters. The van der Waals surface area contributed by atoms with Crippen molar-refractivity contribution in [3.05, 3.63) is 0 Å². The number of nitrogens with one attached hydrogen (secondary N) is 1. The van der Waals surface area contributed by atoms with Crippen molar-refractivity contribution < 1.29 is 31.5 Å². The molecule has 0 amide bonds. The predicted octanol–water partition coefficient (Wildman–Crippen LogP) is 2.23. The summed E-state index contributed by atoms with van der Waals surface area (Å²) in [6.45, 7) is -0.660. The number of oxime groups is 1. The molecule has 4 N–H and O–H groups in total. The average Bonchev–Trinajstić information content (AvgIpc) is 2.23. The summed E-state index contributed by atoms with van der Waals surface area (Å²) in [6, 6.07) is 0. The molecule has 0 heterocycles. The molecule has 10 heteroatoms. The number of alkyl halides is 6. The van der Waals surface area contributed by atoms with E-state index in [1.165, 1.54) is 0 Å². The second-order valence-electron chi connectivity index (χ2n) is 3.90. The van der Waals surface area contributed by atoms with Gasteiger partial charge in [-0.05, 0) is 19.4 Å². The van der Waals surface area contributed by atoms with Gasteiger partial charge < -0.3 is 16.3 Å². The van der Waals surface area contributed by atoms with Crippen LogP contribution in [0.4, 0.5) is 26.3 Å². The lowest BCUT2D eigenvalue weighted by molar-refractivity contribution is -0.154. The molecule has 1 atom stereocenters. The molecule has 0 spiro atoms. The first-order valence-electron chi connectivity index (χ1n) is 5.39. The van der Waals surface area contributed by atoms with Crippen molar-refractivity contribution in [2.24, 2.45) is 16.8 Å². The van der Waals surface area contributed by atoms with Crippen LogP contribution in [0.5, 0.6) is 0 Å². The maximum Gasteiger partial charge on any atom is 0.400 e. The highest BCUT2D eigenvalue weighted by Crippen LogP contribution is 2.26. The standard InChI is InChI=1S/C9H15F6N3O/c10-8(11,12)3-1-2-4-17-5-6(7(16)18-19)9(13,14)15/h6,17,19H,1-5H2,(H2,16,18). The minimum absolute atomic E-state index is 0.0125. The van der Waals surface area contributed by atoms with Crippen LogP contribution in [0.25, 0.3) is 0 Å². The molecule has 0 aliphatic carbocycles. The Hall–Kier alpha value is -1.19. The number of nitrogens with zero attached hydrogens (tertiary/aromatic N) is 1. The van der Waals surface area contributed by atoms with Crippen molar-refractivity contribution in [2.75, 3.05) is 13.1 Å². The average molecular weight is 295 g/mol. The van der Waals surface area contributed by atoms with E-state index in [1.807, 2.05) is 0 Å². The highest BCUT2D eigenvalue weighted by Gasteiger charge is 2.42. The van der Waals surface area contributed by atoms with E-state index in [1.54, 1.807) is 0 Å². The second-order valence-corrected chi connectivity index (χ2v) is 3.90. The van der Waals surface area contributed by atoms with Crippen LogP contribution in [-0.4, -0.2) is 36.5 Å². The molecule has 114 valence electrons. The smallest absolute Gasteiger partial charge is 0.400 e. The third-order valence-electron chi connectivity index (χ3n) is 2.28. The van der Waals surface area contributed by atoms with Crippen molar-refractivity contribution in [3.63, 3.8) is 0 Å². The summed E-state index contributed by atoms with van der Waals surface area (Å²) >= 11 is 0. The minimum Gasteiger partial charge on any atom is -0.409 e. The molecule has 0 bridgehead atoms. The topological polar surface area (TPSA) is 70.6 Å². The van der Waals surface area contributed by atoms with Gasteiger partial charge in [-0.2, -0.15) is 26.3 Å². The zero-order chi connectivity index (χ0) is 15.1. The summed E-state index contributed by atoms with van der Waals surface area (Å²) in [5.74, 6) is -3.16. The molecule has 0 aromatic heterocycles. The Morgan fingerprint density at radius 1 is 1.16 bits per heavy atom. The van der Waals surface area contributed by atoms with Gasteiger partial charge in [0.1, 0.15) is 5.92 Å². The molecule has 0 aliphatic rings. The van der Waals surface area contributed by atoms with Crippen LogP contribution < -0.4 is 11.1 Å². The van der Waals surface area contributed by atoms with Gasteiger partial charge in [0.2, 0.25) is 0 Å². The van der Waals surface area contributed by atoms with Crippen LogP contribution in [-0.2, 0) is 0 Å². The van der Waals surface area contributed by atoms with Gasteiger partial charge in [-0.1, -0.05) is 5.16 Å². The molecular formula is C9H15F6N3O. The van der Waals surface area contributed by atoms with Crippen LogP contribution in [0.3, 0.4) is 0 Å². The second kappa shape index (κ2) is 7.41. The SMILES string of the molecule is NC(=NO)C(CNCCCCC(F)(F)F)C(F)(F)F. The Labute approximate surface area is 105 Å². The summed E-state index contributed by atoms with van der Waals surface area (Å²) < 4.78 is 72.6. The lowest BCUT2D eigenvalue weighted by Gasteiger charge is -2.19. The summed E-state index contributed by atoms with van der Waals surface area (Å²) in [5, 5.41) is 12.8. The summed E-state index contributed by atoms with van der Waals surface area (Å²) in [4.78, 5) is 0. The van der Waals surface area contributed by atoms with Crippen molar-refractivity contribution in [3.8, 4) is 0 Å². The third-order valence-corrected chi connectivity index (χ3v) is 2.28. The monoisotopic (exact) mass is 295 g/mol. The highest BCUT2D eigenvalue weighted by molar-refractivity contribution is 5.83. The lowest BCUT2D eigenvalue weighted by Crippen LogP contribution is -2.43. The van der Waals surface area contributed by atoms with Crippen LogP contribution in [0.15, 0.2) is 5.16 Å². The predicted molar refractivity (Wildman–Crippen MR) is 55.7 cm³/mol. The van der Waals surface area contributed by atoms with E-state index in [2.05, 4.69) is 10.5 Å². The van der Waals surface area contributed by atoms with Gasteiger partial charge in [0.05, 0.1) is 0 Å². The van der Waals surface area contributed by atoms with Gasteiger partial charge in [0.25, 0.3) is 0 Å². The van der Waals surface area contributed by atoms with Gasteiger partial charge in [0.15, 0.2) is 5.84 Å². The first-order chi connectivity index (χ1) is 8.58. The molecule has 0 saturated heterocycles. The highest BCUT2D eigenvalue weighted by atomic mass is 19.4. The van der Waals surface area contributed by atoms with Gasteiger partial charge in [0, 0.05) is 13.0 Å². The molecule has 4 nitrogen and oxygen atoms in total. The molecule has 0 aromatic rings. The lowest BCUT2D eigenvalue weighted by atomic mass is 10.1. The number of nitrogens with two attached hydrogens (primary N) is 1. The molecule has 0 radical (unpaired) electrons. The summed E-state index contributed by atoms with van der Waals surface area (Å²) in [6.07, 6.45) is -10.0. The van der Waals surface area contributed by atoms with Crippen molar-refractivity contribution in [1.29, 1.82) is 0 Å². The quantitative estimate of drug-likeness (QED) is 0.168. The Bertz CT molecular complexity index is 289. The molecule has 19 heavy (non-hydrogen) atoms. The minimum atomic E-state index is -4.69. The first-order valence-corrected chi connectivity index (χ1v) is 5.39. The molecule has 0 aliphatic heterocycles. The number of halogens is 6. The number of hydrogen-bond acceptors (Lipinski definition) is 3. The maximum atomic E-state index is 12.4. The first kappa shape index (κ1) is 17.8. The maximum absolute atomic E-state index is 12.4. The largest absolute Gasteiger partial charge is 0.409 e. The molecule has 0 rings (SSSR count). The van der Waals surface area contributed by atoms with E-state index in [-0.39, 0.29) is 19.4 Å². The van der Waals surface area contributed by atoms with Crippen LogP contribution in [0.1, 0.15) is 19.3 Å². The molecule has 0 fully saturated rings. The van der Waals surface area contributed by atoms with Gasteiger partial charge in [-0.25, -0.2) is 0 Å². The van der Waals surface area contributed by atoms with Crippen LogP contribution in [0.2, 0.25) is 0 Å². The fraction of sp³-hybridized carbons (Fsp3) is 0.889. The van der Waals surface area contributed by atoms with Crippen molar-refractivity contribution in [1.82, 2.24) is 5.32 Å². The number of rotatable bonds is 7. The Kier molecular flexibility index (Phi) is 6.95. The van der Waals surface area contributed by atoms with Crippen molar-refractivity contribution >= 4 is 5.84 Å². The Morgan fingerprint density at radius 2 is 1.74 bits per heavy atom. The van der Waals surface area contributed by atoms with E-state index in [0.717, 1.165) is 0 Å². The third kappa shape index (κ3) is 8.51. The number of unbranched alkanes of at least 4 members (excludes halogenated alkanes) is 1. The zero-order valence-corrected chi connectivity index (χ0v) is 9.85. The fourth-order valence-corrected chi connectivity index (χ4v) is 1.28. The van der Waals surface area contributed by atoms with E-state index in [4.69, 9.17) is 10.9 Å². The van der Waals surface area contributed by atoms with E-state index in [0.29, 0.717) is 0 Å². The van der Waals surface area contributed by atoms with Gasteiger partial charge >= 0.3 is 12.4 Å². The normalized spacial score (nSPS) is 15.6. The van der Waals surface area contributed by atoms with E-state index < -0.39 is 37.1 Å². The van der Waals surface area contributed by atoms with Gasteiger partial charge in [-0.3, -0.25) is 0 Å². The molecular weight excluding hydrogens is 280 g/mol. The fourth-order valence-electron chi connectivity index (χ4n) is 1.28. The van der Waals surface area contributed by atoms with Crippen molar-refractivity contribution in [2.45, 2.75) is 31.6 Å². The van der Waals surface area contributed by atoms with Crippen LogP contribution in [0, 0.1) is 5.92 Å². The zero-order valence-electron chi connectivity index (χ0n) is 9.85. The summed E-state index contributed by atoms with van der Waals surface area (Å²) in [5.41, 5.74) is 4.89. The number of amidine groups is 1. The van der Waals surface area contributed by atoms with Gasteiger partial charge in [-0.15, -0.1) is 0 Å². The summed E-state index contributed by atoms with van der Waals surface area (Å²) in [7, 11) is 0. The van der Waals surface area contributed by atoms with Crippen LogP contribution >= 0.6 is 0 Å². The Morgan fingerprint density at radius 3 is 2.16 bits per heavy atom. The molecule has 0 aromatic carbocycles.